The summed E-state index contributed by atoms with van der Waals surface area (Å²) in [6, 6.07) is 19.4. The molecular formula is C27H26ClN3O3S. The molecule has 0 N–H and O–H groups in total. The monoisotopic (exact) mass is 507 g/mol. The third-order valence-electron chi connectivity index (χ3n) is 5.97. The van der Waals surface area contributed by atoms with E-state index in [0.29, 0.717) is 23.8 Å². The van der Waals surface area contributed by atoms with Crippen molar-refractivity contribution in [3.05, 3.63) is 82.2 Å². The van der Waals surface area contributed by atoms with Crippen LogP contribution in [0.1, 0.15) is 22.8 Å². The van der Waals surface area contributed by atoms with Crippen molar-refractivity contribution in [1.82, 2.24) is 9.88 Å². The Morgan fingerprint density at radius 2 is 1.80 bits per heavy atom. The lowest BCUT2D eigenvalue weighted by atomic mass is 10.0. The van der Waals surface area contributed by atoms with Gasteiger partial charge in [0.05, 0.1) is 10.2 Å². The summed E-state index contributed by atoms with van der Waals surface area (Å²) in [5.74, 6) is -0.403. The van der Waals surface area contributed by atoms with Gasteiger partial charge in [0.25, 0.3) is 5.91 Å². The SMILES string of the molecule is CCc1ccc2nc(N(CCN(C)C)C(=O)c3cc4c(ccc5ccccc54)oc3=O)sc2c1.Cl. The minimum atomic E-state index is -0.642. The molecule has 0 aliphatic rings. The molecule has 5 aromatic rings. The summed E-state index contributed by atoms with van der Waals surface area (Å²) >= 11 is 1.46. The lowest BCUT2D eigenvalue weighted by Gasteiger charge is -2.21. The lowest BCUT2D eigenvalue weighted by molar-refractivity contribution is 0.0982. The minimum Gasteiger partial charge on any atom is -0.422 e. The number of benzene rings is 3. The van der Waals surface area contributed by atoms with E-state index in [1.54, 1.807) is 17.0 Å². The Kier molecular flexibility index (Phi) is 7.21. The summed E-state index contributed by atoms with van der Waals surface area (Å²) in [5, 5.41) is 3.27. The van der Waals surface area contributed by atoms with Gasteiger partial charge in [-0.3, -0.25) is 9.69 Å². The third kappa shape index (κ3) is 4.80. The predicted molar refractivity (Wildman–Crippen MR) is 146 cm³/mol. The van der Waals surface area contributed by atoms with E-state index in [-0.39, 0.29) is 18.0 Å². The molecule has 0 bridgehead atoms. The van der Waals surface area contributed by atoms with Crippen molar-refractivity contribution in [2.24, 2.45) is 0 Å². The molecule has 1 amide bonds. The Morgan fingerprint density at radius 1 is 1.00 bits per heavy atom. The minimum absolute atomic E-state index is 0. The number of nitrogens with zero attached hydrogens (tertiary/aromatic N) is 3. The van der Waals surface area contributed by atoms with E-state index in [1.807, 2.05) is 55.4 Å². The predicted octanol–water partition coefficient (Wildman–Crippen LogP) is 5.75. The molecule has 0 atom stereocenters. The Balaban J connectivity index is 0.00000289. The second-order valence-electron chi connectivity index (χ2n) is 8.56. The molecule has 0 spiro atoms. The van der Waals surface area contributed by atoms with Crippen molar-refractivity contribution in [2.45, 2.75) is 13.3 Å². The van der Waals surface area contributed by atoms with E-state index in [1.165, 1.54) is 16.9 Å². The first-order valence-electron chi connectivity index (χ1n) is 11.3. The topological polar surface area (TPSA) is 66.7 Å². The van der Waals surface area contributed by atoms with Gasteiger partial charge in [-0.1, -0.05) is 54.7 Å². The number of likely N-dealkylation sites (N-methyl/N-ethyl adjacent to an activating group) is 1. The van der Waals surface area contributed by atoms with Gasteiger partial charge in [-0.05, 0) is 61.1 Å². The smallest absolute Gasteiger partial charge is 0.349 e. The van der Waals surface area contributed by atoms with Crippen LogP contribution < -0.4 is 10.5 Å². The average molecular weight is 508 g/mol. The fourth-order valence-electron chi connectivity index (χ4n) is 4.04. The second kappa shape index (κ2) is 10.2. The van der Waals surface area contributed by atoms with Crippen molar-refractivity contribution in [2.75, 3.05) is 32.1 Å². The highest BCUT2D eigenvalue weighted by Crippen LogP contribution is 2.31. The summed E-state index contributed by atoms with van der Waals surface area (Å²) in [4.78, 5) is 35.0. The van der Waals surface area contributed by atoms with Gasteiger partial charge in [0.1, 0.15) is 11.1 Å². The molecule has 5 rings (SSSR count). The number of carbonyl (C=O) groups excluding carboxylic acids is 1. The molecule has 0 saturated heterocycles. The maximum Gasteiger partial charge on any atom is 0.349 e. The largest absolute Gasteiger partial charge is 0.422 e. The maximum atomic E-state index is 13.8. The van der Waals surface area contributed by atoms with Crippen molar-refractivity contribution in [3.63, 3.8) is 0 Å². The summed E-state index contributed by atoms with van der Waals surface area (Å²) in [5.41, 5.74) is 1.90. The quantitative estimate of drug-likeness (QED) is 0.216. The van der Waals surface area contributed by atoms with E-state index >= 15 is 0 Å². The van der Waals surface area contributed by atoms with Crippen LogP contribution in [0.15, 0.2) is 69.9 Å². The fraction of sp³-hybridized carbons (Fsp3) is 0.222. The molecule has 3 aromatic carbocycles. The molecule has 2 aromatic heterocycles. The zero-order valence-electron chi connectivity index (χ0n) is 19.8. The molecule has 180 valence electrons. The fourth-order valence-corrected chi connectivity index (χ4v) is 5.10. The standard InChI is InChI=1S/C27H25N3O3S.ClH/c1-4-17-9-11-22-24(15-17)34-27(28-22)30(14-13-29(2)3)25(31)21-16-20-19-8-6-5-7-18(19)10-12-23(20)33-26(21)32;/h5-12,15-16H,4,13-14H2,1-3H3;1H. The van der Waals surface area contributed by atoms with Crippen LogP contribution in [0.3, 0.4) is 0 Å². The molecule has 0 unspecified atom stereocenters. The first kappa shape index (κ1) is 24.9. The van der Waals surface area contributed by atoms with Gasteiger partial charge in [0.15, 0.2) is 5.13 Å². The third-order valence-corrected chi connectivity index (χ3v) is 7.01. The lowest BCUT2D eigenvalue weighted by Crippen LogP contribution is -2.38. The van der Waals surface area contributed by atoms with Crippen LogP contribution in [-0.4, -0.2) is 43.0 Å². The van der Waals surface area contributed by atoms with E-state index in [2.05, 4.69) is 19.1 Å². The van der Waals surface area contributed by atoms with Gasteiger partial charge in [0.2, 0.25) is 0 Å². The molecule has 0 aliphatic heterocycles. The Bertz CT molecular complexity index is 1590. The van der Waals surface area contributed by atoms with Gasteiger partial charge in [-0.25, -0.2) is 9.78 Å². The number of amides is 1. The van der Waals surface area contributed by atoms with Crippen LogP contribution in [0.4, 0.5) is 5.13 Å². The van der Waals surface area contributed by atoms with Gasteiger partial charge in [-0.2, -0.15) is 0 Å². The van der Waals surface area contributed by atoms with E-state index < -0.39 is 11.5 Å². The van der Waals surface area contributed by atoms with Gasteiger partial charge >= 0.3 is 5.63 Å². The summed E-state index contributed by atoms with van der Waals surface area (Å²) in [6.07, 6.45) is 0.929. The molecule has 35 heavy (non-hydrogen) atoms. The van der Waals surface area contributed by atoms with E-state index in [0.717, 1.165) is 32.8 Å². The number of aromatic nitrogens is 1. The van der Waals surface area contributed by atoms with Crippen LogP contribution in [0.5, 0.6) is 0 Å². The van der Waals surface area contributed by atoms with Crippen LogP contribution in [0, 0.1) is 0 Å². The van der Waals surface area contributed by atoms with Crippen molar-refractivity contribution in [1.29, 1.82) is 0 Å². The summed E-state index contributed by atoms with van der Waals surface area (Å²) < 4.78 is 6.61. The number of fused-ring (bicyclic) bond motifs is 4. The van der Waals surface area contributed by atoms with Crippen LogP contribution in [0.2, 0.25) is 0 Å². The zero-order valence-corrected chi connectivity index (χ0v) is 21.4. The number of hydrogen-bond acceptors (Lipinski definition) is 6. The van der Waals surface area contributed by atoms with Gasteiger partial charge < -0.3 is 9.32 Å². The number of carbonyl (C=O) groups is 1. The Labute approximate surface area is 213 Å². The molecule has 0 fully saturated rings. The molecule has 0 aliphatic carbocycles. The van der Waals surface area contributed by atoms with Crippen LogP contribution >= 0.6 is 23.7 Å². The number of aryl methyl sites for hydroxylation is 1. The molecule has 6 nitrogen and oxygen atoms in total. The number of halogens is 1. The normalized spacial score (nSPS) is 11.3. The van der Waals surface area contributed by atoms with Crippen LogP contribution in [-0.2, 0) is 6.42 Å². The number of thiazole rings is 1. The molecule has 2 heterocycles. The highest BCUT2D eigenvalue weighted by molar-refractivity contribution is 7.22. The van der Waals surface area contributed by atoms with Gasteiger partial charge in [-0.15, -0.1) is 12.4 Å². The first-order chi connectivity index (χ1) is 16.4. The zero-order chi connectivity index (χ0) is 23.8. The molecule has 0 saturated carbocycles. The van der Waals surface area contributed by atoms with Gasteiger partial charge in [0, 0.05) is 18.5 Å². The average Bonchev–Trinajstić information content (AvgIpc) is 3.26. The molecule has 8 heteroatoms. The maximum absolute atomic E-state index is 13.8. The Morgan fingerprint density at radius 3 is 2.57 bits per heavy atom. The summed E-state index contributed by atoms with van der Waals surface area (Å²) in [6.45, 7) is 3.14. The number of hydrogen-bond donors (Lipinski definition) is 0. The first-order valence-corrected chi connectivity index (χ1v) is 12.1. The van der Waals surface area contributed by atoms with Crippen molar-refractivity contribution >= 4 is 66.7 Å². The highest BCUT2D eigenvalue weighted by Gasteiger charge is 2.25. The second-order valence-corrected chi connectivity index (χ2v) is 9.57. The highest BCUT2D eigenvalue weighted by atomic mass is 35.5. The van der Waals surface area contributed by atoms with E-state index in [4.69, 9.17) is 9.40 Å². The molecule has 0 radical (unpaired) electrons. The van der Waals surface area contributed by atoms with Crippen LogP contribution in [0.25, 0.3) is 32.0 Å². The molecular weight excluding hydrogens is 482 g/mol. The summed E-state index contributed by atoms with van der Waals surface area (Å²) in [7, 11) is 3.90. The number of anilines is 1. The number of rotatable bonds is 6. The van der Waals surface area contributed by atoms with Crippen molar-refractivity contribution < 1.29 is 9.21 Å². The van der Waals surface area contributed by atoms with E-state index in [9.17, 15) is 9.59 Å². The van der Waals surface area contributed by atoms with Crippen molar-refractivity contribution in [3.8, 4) is 0 Å². The Hall–Kier alpha value is -3.26.